The monoisotopic (exact) mass is 534 g/mol. The summed E-state index contributed by atoms with van der Waals surface area (Å²) in [6.07, 6.45) is 0. The molecule has 4 aromatic rings. The van der Waals surface area contributed by atoms with Crippen molar-refractivity contribution in [3.8, 4) is 5.75 Å². The molecule has 4 N–H and O–H groups in total. The van der Waals surface area contributed by atoms with Gasteiger partial charge in [0.2, 0.25) is 0 Å². The molecule has 0 bridgehead atoms. The van der Waals surface area contributed by atoms with Crippen molar-refractivity contribution in [1.82, 2.24) is 0 Å². The molecule has 0 spiro atoms. The fourth-order valence-corrected chi connectivity index (χ4v) is 5.28. The zero-order valence-corrected chi connectivity index (χ0v) is 22.8. The quantitative estimate of drug-likeness (QED) is 0.144. The van der Waals surface area contributed by atoms with E-state index in [0.29, 0.717) is 11.3 Å². The Balaban J connectivity index is 0.00000361. The summed E-state index contributed by atoms with van der Waals surface area (Å²) in [5.41, 5.74) is 7.14. The Hall–Kier alpha value is -3.00. The number of para-hydroxylation sites is 1. The van der Waals surface area contributed by atoms with Crippen LogP contribution >= 0.6 is 0 Å². The summed E-state index contributed by atoms with van der Waals surface area (Å²) in [5, 5.41) is 20.9. The van der Waals surface area contributed by atoms with Crippen molar-refractivity contribution in [1.29, 1.82) is 0 Å². The summed E-state index contributed by atoms with van der Waals surface area (Å²) in [4.78, 5) is -0.562. The van der Waals surface area contributed by atoms with Crippen LogP contribution in [0.3, 0.4) is 0 Å². The van der Waals surface area contributed by atoms with Crippen LogP contribution in [0.15, 0.2) is 92.8 Å². The molecule has 4 aromatic carbocycles. The number of nitrogens with two attached hydrogens (primary N) is 1. The number of azo groups is 1. The van der Waals surface area contributed by atoms with Crippen molar-refractivity contribution in [2.24, 2.45) is 10.2 Å². The van der Waals surface area contributed by atoms with E-state index in [1.807, 2.05) is 0 Å². The van der Waals surface area contributed by atoms with Gasteiger partial charge in [-0.05, 0) is 60.3 Å². The molecule has 36 heavy (non-hydrogen) atoms. The van der Waals surface area contributed by atoms with Gasteiger partial charge >= 0.3 is 29.6 Å². The molecular formula is C23H19N4NaO6S2. The number of benzene rings is 4. The molecule has 0 atom stereocenters. The molecule has 0 unspecified atom stereocenters. The van der Waals surface area contributed by atoms with Crippen LogP contribution in [-0.4, -0.2) is 21.4 Å². The van der Waals surface area contributed by atoms with Crippen LogP contribution in [0.25, 0.3) is 10.8 Å². The summed E-state index contributed by atoms with van der Waals surface area (Å²) in [7, 11) is -8.51. The zero-order valence-electron chi connectivity index (χ0n) is 19.2. The van der Waals surface area contributed by atoms with Gasteiger partial charge in [0.15, 0.2) is 0 Å². The maximum Gasteiger partial charge on any atom is 1.00 e. The van der Waals surface area contributed by atoms with Gasteiger partial charge in [0.1, 0.15) is 5.69 Å². The van der Waals surface area contributed by atoms with Crippen molar-refractivity contribution in [3.63, 3.8) is 0 Å². The van der Waals surface area contributed by atoms with Crippen LogP contribution in [0.2, 0.25) is 0 Å². The number of sulfonamides is 1. The third-order valence-corrected chi connectivity index (χ3v) is 7.46. The van der Waals surface area contributed by atoms with Crippen molar-refractivity contribution >= 4 is 53.7 Å². The topological polar surface area (TPSA) is 174 Å². The molecule has 0 aliphatic rings. The molecule has 4 rings (SSSR count). The van der Waals surface area contributed by atoms with Crippen molar-refractivity contribution in [2.45, 2.75) is 16.7 Å². The van der Waals surface area contributed by atoms with Crippen molar-refractivity contribution in [2.75, 3.05) is 10.5 Å². The number of hydrogen-bond acceptors (Lipinski definition) is 8. The zero-order chi connectivity index (χ0) is 25.4. The Morgan fingerprint density at radius 3 is 2.28 bits per heavy atom. The molecule has 0 saturated heterocycles. The number of hydrogen-bond donors (Lipinski definition) is 3. The van der Waals surface area contributed by atoms with Crippen molar-refractivity contribution < 1.29 is 56.1 Å². The molecule has 0 fully saturated rings. The molecule has 10 nitrogen and oxygen atoms in total. The third-order valence-electron chi connectivity index (χ3n) is 5.11. The maximum atomic E-state index is 12.9. The number of aryl methyl sites for hydroxylation is 1. The van der Waals surface area contributed by atoms with E-state index in [2.05, 4.69) is 15.0 Å². The SMILES string of the molecule is Cc1ccc(N=Nc2c(N)ccc3cc(S(=O)(=O)O)cc([O-])c23)cc1S(=O)(=O)Nc1ccccc1.[Na+]. The minimum absolute atomic E-state index is 0. The first kappa shape index (κ1) is 27.6. The second-order valence-corrected chi connectivity index (χ2v) is 10.7. The normalized spacial score (nSPS) is 11.9. The Morgan fingerprint density at radius 1 is 0.917 bits per heavy atom. The van der Waals surface area contributed by atoms with Crippen molar-refractivity contribution in [3.05, 3.63) is 78.4 Å². The first-order chi connectivity index (χ1) is 16.5. The van der Waals surface area contributed by atoms with Gasteiger partial charge in [-0.25, -0.2) is 8.42 Å². The van der Waals surface area contributed by atoms with Gasteiger partial charge < -0.3 is 10.8 Å². The average Bonchev–Trinajstić information content (AvgIpc) is 2.79. The fourth-order valence-electron chi connectivity index (χ4n) is 3.42. The van der Waals surface area contributed by atoms with Crippen LogP contribution in [-0.2, 0) is 20.1 Å². The molecule has 180 valence electrons. The van der Waals surface area contributed by atoms with E-state index < -0.39 is 30.8 Å². The largest absolute Gasteiger partial charge is 1.00 e. The molecule has 0 aromatic heterocycles. The summed E-state index contributed by atoms with van der Waals surface area (Å²) >= 11 is 0. The van der Waals surface area contributed by atoms with Gasteiger partial charge in [-0.15, -0.1) is 5.11 Å². The van der Waals surface area contributed by atoms with Gasteiger partial charge in [0.25, 0.3) is 20.1 Å². The smallest absolute Gasteiger partial charge is 0.872 e. The van der Waals surface area contributed by atoms with Gasteiger partial charge in [0, 0.05) is 11.1 Å². The third kappa shape index (κ3) is 5.86. The molecule has 0 saturated carbocycles. The van der Waals surface area contributed by atoms with E-state index in [4.69, 9.17) is 5.73 Å². The molecule has 0 heterocycles. The minimum atomic E-state index is -4.59. The Kier molecular flexibility index (Phi) is 8.08. The summed E-state index contributed by atoms with van der Waals surface area (Å²) < 4.78 is 60.5. The van der Waals surface area contributed by atoms with Crippen LogP contribution in [0.1, 0.15) is 5.56 Å². The Labute approximate surface area is 230 Å². The summed E-state index contributed by atoms with van der Waals surface area (Å²) in [6.45, 7) is 1.64. The summed E-state index contributed by atoms with van der Waals surface area (Å²) in [6, 6.07) is 17.6. The number of fused-ring (bicyclic) bond motifs is 1. The Morgan fingerprint density at radius 2 is 1.61 bits per heavy atom. The van der Waals surface area contributed by atoms with E-state index in [1.165, 1.54) is 18.2 Å². The van der Waals surface area contributed by atoms with E-state index in [1.54, 1.807) is 49.4 Å². The van der Waals surface area contributed by atoms with Crippen LogP contribution < -0.4 is 45.1 Å². The van der Waals surface area contributed by atoms with E-state index in [-0.39, 0.29) is 62.3 Å². The number of nitrogens with zero attached hydrogens (tertiary/aromatic N) is 2. The van der Waals surface area contributed by atoms with Crippen LogP contribution in [0.4, 0.5) is 22.7 Å². The molecular weight excluding hydrogens is 515 g/mol. The van der Waals surface area contributed by atoms with Crippen LogP contribution in [0, 0.1) is 6.92 Å². The molecule has 13 heteroatoms. The second-order valence-electron chi connectivity index (χ2n) is 7.62. The molecule has 0 aliphatic carbocycles. The number of rotatable bonds is 6. The predicted octanol–water partition coefficient (Wildman–Crippen LogP) is 1.27. The van der Waals surface area contributed by atoms with E-state index >= 15 is 0 Å². The van der Waals surface area contributed by atoms with Gasteiger partial charge in [-0.2, -0.15) is 13.5 Å². The van der Waals surface area contributed by atoms with Gasteiger partial charge in [-0.1, -0.05) is 36.1 Å². The average molecular weight is 535 g/mol. The molecule has 0 amide bonds. The molecule has 0 aliphatic heterocycles. The van der Waals surface area contributed by atoms with Gasteiger partial charge in [-0.3, -0.25) is 9.27 Å². The fraction of sp³-hybridized carbons (Fsp3) is 0.0435. The van der Waals surface area contributed by atoms with E-state index in [0.717, 1.165) is 12.1 Å². The number of nitrogens with one attached hydrogen (secondary N) is 1. The number of anilines is 2. The number of nitrogen functional groups attached to an aromatic ring is 1. The van der Waals surface area contributed by atoms with Gasteiger partial charge in [0.05, 0.1) is 21.2 Å². The predicted molar refractivity (Wildman–Crippen MR) is 130 cm³/mol. The maximum absolute atomic E-state index is 12.9. The minimum Gasteiger partial charge on any atom is -0.872 e. The standard InChI is InChI=1S/C23H20N4O6S2.Na/c1-14-7-9-17(12-21(14)34(29,30)27-16-5-3-2-4-6-16)25-26-23-19(24)10-8-15-11-18(35(31,32)33)13-20(28)22(15)23;/h2-13,27-28H,24H2,1H3,(H,31,32,33);/q;+1/p-1. The Bertz CT molecular complexity index is 1690. The van der Waals surface area contributed by atoms with E-state index in [9.17, 15) is 26.5 Å². The molecule has 0 radical (unpaired) electrons. The first-order valence-corrected chi connectivity index (χ1v) is 13.0. The first-order valence-electron chi connectivity index (χ1n) is 10.1. The second kappa shape index (κ2) is 10.5. The summed E-state index contributed by atoms with van der Waals surface area (Å²) in [5.74, 6) is -0.726. The van der Waals surface area contributed by atoms with Crippen LogP contribution in [0.5, 0.6) is 5.75 Å².